The second-order valence-electron chi connectivity index (χ2n) is 3.76. The van der Waals surface area contributed by atoms with Gasteiger partial charge in [-0.3, -0.25) is 0 Å². The largest absolute Gasteiger partial charge is 0.370 e. The predicted molar refractivity (Wildman–Crippen MR) is 56.1 cm³/mol. The Hall–Kier alpha value is -1.02. The zero-order valence-electron chi connectivity index (χ0n) is 8.20. The van der Waals surface area contributed by atoms with Gasteiger partial charge in [0.1, 0.15) is 0 Å². The molecule has 13 heavy (non-hydrogen) atoms. The molecule has 2 nitrogen and oxygen atoms in total. The molecule has 0 bridgehead atoms. The smallest absolute Gasteiger partial charge is 0.0475 e. The quantitative estimate of drug-likeness (QED) is 0.703. The lowest BCUT2D eigenvalue weighted by molar-refractivity contribution is 0.587. The summed E-state index contributed by atoms with van der Waals surface area (Å²) in [6.45, 7) is 2.98. The molecule has 1 aromatic carbocycles. The van der Waals surface area contributed by atoms with Crippen LogP contribution in [0, 0.1) is 0 Å². The summed E-state index contributed by atoms with van der Waals surface area (Å²) in [6.07, 6.45) is 0. The van der Waals surface area contributed by atoms with E-state index in [9.17, 15) is 0 Å². The van der Waals surface area contributed by atoms with E-state index in [1.54, 1.807) is 0 Å². The number of anilines is 1. The summed E-state index contributed by atoms with van der Waals surface area (Å²) in [6, 6.07) is 9.02. The highest BCUT2D eigenvalue weighted by Gasteiger charge is 2.31. The maximum Gasteiger partial charge on any atom is 0.0475 e. The van der Waals surface area contributed by atoms with E-state index in [4.69, 9.17) is 5.73 Å². The standard InChI is InChI=1S/C11H16N2/c1-8-9-5-3-4-6-10(9)13(2)11(8)7-12/h3-6,8,11H,7,12H2,1-2H3. The summed E-state index contributed by atoms with van der Waals surface area (Å²) in [5.74, 6) is 0.561. The van der Waals surface area contributed by atoms with Crippen molar-refractivity contribution in [3.63, 3.8) is 0 Å². The summed E-state index contributed by atoms with van der Waals surface area (Å²) in [7, 11) is 2.12. The molecule has 0 aliphatic carbocycles. The number of rotatable bonds is 1. The molecule has 0 spiro atoms. The number of nitrogens with two attached hydrogens (primary N) is 1. The molecule has 0 amide bonds. The molecule has 1 aliphatic heterocycles. The third kappa shape index (κ3) is 1.13. The van der Waals surface area contributed by atoms with Gasteiger partial charge in [-0.1, -0.05) is 25.1 Å². The van der Waals surface area contributed by atoms with Gasteiger partial charge < -0.3 is 10.6 Å². The minimum Gasteiger partial charge on any atom is -0.370 e. The number of benzene rings is 1. The molecule has 70 valence electrons. The monoisotopic (exact) mass is 176 g/mol. The molecule has 1 aliphatic rings. The average Bonchev–Trinajstić information content (AvgIpc) is 2.41. The Morgan fingerprint density at radius 2 is 2.08 bits per heavy atom. The van der Waals surface area contributed by atoms with Crippen LogP contribution < -0.4 is 10.6 Å². The van der Waals surface area contributed by atoms with Crippen molar-refractivity contribution in [1.82, 2.24) is 0 Å². The number of hydrogen-bond acceptors (Lipinski definition) is 2. The zero-order chi connectivity index (χ0) is 9.42. The van der Waals surface area contributed by atoms with Crippen molar-refractivity contribution in [1.29, 1.82) is 0 Å². The summed E-state index contributed by atoms with van der Waals surface area (Å²) < 4.78 is 0. The topological polar surface area (TPSA) is 29.3 Å². The van der Waals surface area contributed by atoms with Crippen LogP contribution in [0.25, 0.3) is 0 Å². The van der Waals surface area contributed by atoms with Crippen molar-refractivity contribution in [2.45, 2.75) is 18.9 Å². The highest BCUT2D eigenvalue weighted by Crippen LogP contribution is 2.38. The molecule has 0 fully saturated rings. The van der Waals surface area contributed by atoms with Crippen LogP contribution >= 0.6 is 0 Å². The number of nitrogens with zero attached hydrogens (tertiary/aromatic N) is 1. The first kappa shape index (κ1) is 8.57. The normalized spacial score (nSPS) is 26.2. The van der Waals surface area contributed by atoms with Gasteiger partial charge in [0, 0.05) is 31.2 Å². The third-order valence-corrected chi connectivity index (χ3v) is 3.12. The van der Waals surface area contributed by atoms with E-state index in [1.165, 1.54) is 11.3 Å². The molecule has 2 atom stereocenters. The van der Waals surface area contributed by atoms with Crippen LogP contribution in [-0.2, 0) is 0 Å². The van der Waals surface area contributed by atoms with E-state index >= 15 is 0 Å². The molecule has 2 heteroatoms. The number of para-hydroxylation sites is 1. The first-order valence-electron chi connectivity index (χ1n) is 4.77. The summed E-state index contributed by atoms with van der Waals surface area (Å²) in [4.78, 5) is 2.29. The second kappa shape index (κ2) is 3.04. The molecule has 2 rings (SSSR count). The summed E-state index contributed by atoms with van der Waals surface area (Å²) in [5.41, 5.74) is 8.52. The van der Waals surface area contributed by atoms with Crippen molar-refractivity contribution >= 4 is 5.69 Å². The molecular formula is C11H16N2. The van der Waals surface area contributed by atoms with Gasteiger partial charge in [-0.05, 0) is 11.6 Å². The van der Waals surface area contributed by atoms with Crippen LogP contribution in [0.1, 0.15) is 18.4 Å². The predicted octanol–water partition coefficient (Wildman–Crippen LogP) is 1.57. The SMILES string of the molecule is CC1c2ccccc2N(C)C1CN. The van der Waals surface area contributed by atoms with E-state index in [0.717, 1.165) is 6.54 Å². The molecular weight excluding hydrogens is 160 g/mol. The minimum atomic E-state index is 0.470. The third-order valence-electron chi connectivity index (χ3n) is 3.12. The fourth-order valence-corrected chi connectivity index (χ4v) is 2.28. The van der Waals surface area contributed by atoms with Gasteiger partial charge in [0.2, 0.25) is 0 Å². The van der Waals surface area contributed by atoms with Gasteiger partial charge in [-0.25, -0.2) is 0 Å². The van der Waals surface area contributed by atoms with Crippen molar-refractivity contribution in [2.24, 2.45) is 5.73 Å². The number of likely N-dealkylation sites (N-methyl/N-ethyl adjacent to an activating group) is 1. The Balaban J connectivity index is 2.44. The molecule has 0 aromatic heterocycles. The molecule has 1 aromatic rings. The summed E-state index contributed by atoms with van der Waals surface area (Å²) in [5, 5.41) is 0. The average molecular weight is 176 g/mol. The Bertz CT molecular complexity index is 280. The number of hydrogen-bond donors (Lipinski definition) is 1. The van der Waals surface area contributed by atoms with Crippen LogP contribution in [0.4, 0.5) is 5.69 Å². The highest BCUT2D eigenvalue weighted by molar-refractivity contribution is 5.61. The Morgan fingerprint density at radius 1 is 1.38 bits per heavy atom. The Kier molecular flexibility index (Phi) is 2.00. The van der Waals surface area contributed by atoms with Crippen molar-refractivity contribution in [3.05, 3.63) is 29.8 Å². The first-order chi connectivity index (χ1) is 6.25. The molecule has 0 saturated heterocycles. The maximum atomic E-state index is 5.75. The van der Waals surface area contributed by atoms with Gasteiger partial charge in [-0.15, -0.1) is 0 Å². The number of fused-ring (bicyclic) bond motifs is 1. The van der Waals surface area contributed by atoms with Crippen molar-refractivity contribution in [2.75, 3.05) is 18.5 Å². The van der Waals surface area contributed by atoms with Gasteiger partial charge in [-0.2, -0.15) is 0 Å². The van der Waals surface area contributed by atoms with Gasteiger partial charge in [0.05, 0.1) is 0 Å². The first-order valence-corrected chi connectivity index (χ1v) is 4.77. The molecule has 2 N–H and O–H groups in total. The molecule has 1 heterocycles. The second-order valence-corrected chi connectivity index (χ2v) is 3.76. The molecule has 2 unspecified atom stereocenters. The van der Waals surface area contributed by atoms with Crippen molar-refractivity contribution in [3.8, 4) is 0 Å². The van der Waals surface area contributed by atoms with E-state index in [2.05, 4.69) is 43.1 Å². The Morgan fingerprint density at radius 3 is 2.69 bits per heavy atom. The molecule has 0 radical (unpaired) electrons. The lowest BCUT2D eigenvalue weighted by Gasteiger charge is -2.23. The molecule has 0 saturated carbocycles. The van der Waals surface area contributed by atoms with Gasteiger partial charge in [0.25, 0.3) is 0 Å². The lowest BCUT2D eigenvalue weighted by Crippen LogP contribution is -2.36. The van der Waals surface area contributed by atoms with E-state index in [0.29, 0.717) is 12.0 Å². The fourth-order valence-electron chi connectivity index (χ4n) is 2.28. The van der Waals surface area contributed by atoms with Crippen LogP contribution in [-0.4, -0.2) is 19.6 Å². The fraction of sp³-hybridized carbons (Fsp3) is 0.455. The summed E-state index contributed by atoms with van der Waals surface area (Å²) >= 11 is 0. The van der Waals surface area contributed by atoms with E-state index in [-0.39, 0.29) is 0 Å². The van der Waals surface area contributed by atoms with Gasteiger partial charge in [0.15, 0.2) is 0 Å². The van der Waals surface area contributed by atoms with Crippen molar-refractivity contribution < 1.29 is 0 Å². The van der Waals surface area contributed by atoms with Crippen LogP contribution in [0.3, 0.4) is 0 Å². The zero-order valence-corrected chi connectivity index (χ0v) is 8.20. The highest BCUT2D eigenvalue weighted by atomic mass is 15.2. The minimum absolute atomic E-state index is 0.470. The van der Waals surface area contributed by atoms with Crippen LogP contribution in [0.15, 0.2) is 24.3 Å². The van der Waals surface area contributed by atoms with E-state index in [1.807, 2.05) is 0 Å². The van der Waals surface area contributed by atoms with E-state index < -0.39 is 0 Å². The Labute approximate surface area is 79.4 Å². The van der Waals surface area contributed by atoms with Crippen LogP contribution in [0.2, 0.25) is 0 Å². The van der Waals surface area contributed by atoms with Gasteiger partial charge >= 0.3 is 0 Å². The maximum absolute atomic E-state index is 5.75. The van der Waals surface area contributed by atoms with Crippen LogP contribution in [0.5, 0.6) is 0 Å². The lowest BCUT2D eigenvalue weighted by atomic mass is 9.97.